The Labute approximate surface area is 101 Å². The zero-order valence-electron chi connectivity index (χ0n) is 10.1. The van der Waals surface area contributed by atoms with Gasteiger partial charge in [0.15, 0.2) is 5.65 Å². The first kappa shape index (κ1) is 10.7. The number of aryl methyl sites for hydroxylation is 1. The van der Waals surface area contributed by atoms with E-state index in [-0.39, 0.29) is 6.23 Å². The third-order valence-electron chi connectivity index (χ3n) is 3.28. The summed E-state index contributed by atoms with van der Waals surface area (Å²) in [6.07, 6.45) is 6.31. The van der Waals surface area contributed by atoms with E-state index in [9.17, 15) is 0 Å². The summed E-state index contributed by atoms with van der Waals surface area (Å²) in [5, 5.41) is 0. The van der Waals surface area contributed by atoms with Crippen molar-refractivity contribution < 1.29 is 4.74 Å². The SMILES string of the molecule is CCc1nc2cccnc2n1C1CCCCO1. The maximum Gasteiger partial charge on any atom is 0.162 e. The van der Waals surface area contributed by atoms with Gasteiger partial charge in [-0.25, -0.2) is 9.97 Å². The Balaban J connectivity index is 2.11. The normalized spacial score (nSPS) is 20.9. The summed E-state index contributed by atoms with van der Waals surface area (Å²) in [7, 11) is 0. The fourth-order valence-corrected chi connectivity index (χ4v) is 2.46. The molecule has 1 unspecified atom stereocenters. The van der Waals surface area contributed by atoms with Crippen LogP contribution >= 0.6 is 0 Å². The zero-order chi connectivity index (χ0) is 11.7. The lowest BCUT2D eigenvalue weighted by Crippen LogP contribution is -2.20. The third-order valence-corrected chi connectivity index (χ3v) is 3.28. The third kappa shape index (κ3) is 1.82. The van der Waals surface area contributed by atoms with Crippen molar-refractivity contribution in [2.45, 2.75) is 38.8 Å². The van der Waals surface area contributed by atoms with Crippen LogP contribution in [-0.2, 0) is 11.2 Å². The Morgan fingerprint density at radius 2 is 2.41 bits per heavy atom. The predicted octanol–water partition coefficient (Wildman–Crippen LogP) is 2.69. The monoisotopic (exact) mass is 231 g/mol. The van der Waals surface area contributed by atoms with E-state index in [2.05, 4.69) is 21.5 Å². The minimum Gasteiger partial charge on any atom is -0.358 e. The summed E-state index contributed by atoms with van der Waals surface area (Å²) in [5.41, 5.74) is 1.93. The van der Waals surface area contributed by atoms with Gasteiger partial charge in [-0.2, -0.15) is 0 Å². The summed E-state index contributed by atoms with van der Waals surface area (Å²) in [6.45, 7) is 2.97. The van der Waals surface area contributed by atoms with E-state index in [1.165, 1.54) is 6.42 Å². The van der Waals surface area contributed by atoms with Crippen LogP contribution in [0.25, 0.3) is 11.2 Å². The van der Waals surface area contributed by atoms with Gasteiger partial charge in [-0.05, 0) is 31.4 Å². The van der Waals surface area contributed by atoms with Crippen LogP contribution < -0.4 is 0 Å². The molecule has 0 spiro atoms. The molecular formula is C13H17N3O. The van der Waals surface area contributed by atoms with Crippen LogP contribution in [0.1, 0.15) is 38.2 Å². The number of rotatable bonds is 2. The molecule has 2 aromatic rings. The second-order valence-electron chi connectivity index (χ2n) is 4.42. The van der Waals surface area contributed by atoms with E-state index in [0.717, 1.165) is 42.9 Å². The lowest BCUT2D eigenvalue weighted by atomic mass is 10.2. The molecule has 3 rings (SSSR count). The molecule has 4 nitrogen and oxygen atoms in total. The topological polar surface area (TPSA) is 39.9 Å². The van der Waals surface area contributed by atoms with E-state index >= 15 is 0 Å². The Hall–Kier alpha value is -1.42. The molecule has 0 saturated carbocycles. The van der Waals surface area contributed by atoms with Crippen LogP contribution in [0.15, 0.2) is 18.3 Å². The first-order valence-electron chi connectivity index (χ1n) is 6.33. The van der Waals surface area contributed by atoms with Gasteiger partial charge in [-0.1, -0.05) is 6.92 Å². The number of fused-ring (bicyclic) bond motifs is 1. The van der Waals surface area contributed by atoms with E-state index < -0.39 is 0 Å². The van der Waals surface area contributed by atoms with Gasteiger partial charge in [-0.15, -0.1) is 0 Å². The van der Waals surface area contributed by atoms with Crippen LogP contribution in [0.5, 0.6) is 0 Å². The maximum absolute atomic E-state index is 5.86. The van der Waals surface area contributed by atoms with E-state index in [0.29, 0.717) is 0 Å². The molecule has 0 aliphatic carbocycles. The van der Waals surface area contributed by atoms with Crippen molar-refractivity contribution in [2.24, 2.45) is 0 Å². The van der Waals surface area contributed by atoms with Crippen molar-refractivity contribution in [1.29, 1.82) is 0 Å². The molecule has 1 aliphatic heterocycles. The Morgan fingerprint density at radius 3 is 3.18 bits per heavy atom. The number of aromatic nitrogens is 3. The van der Waals surface area contributed by atoms with E-state index in [1.54, 1.807) is 0 Å². The largest absolute Gasteiger partial charge is 0.358 e. The van der Waals surface area contributed by atoms with Crippen LogP contribution in [0.2, 0.25) is 0 Å². The standard InChI is InChI=1S/C13H17N3O/c1-2-11-15-10-6-5-8-14-13(10)16(11)12-7-3-4-9-17-12/h5-6,8,12H,2-4,7,9H2,1H3. The molecule has 2 aromatic heterocycles. The lowest BCUT2D eigenvalue weighted by molar-refractivity contribution is -0.0312. The highest BCUT2D eigenvalue weighted by Crippen LogP contribution is 2.27. The Morgan fingerprint density at radius 1 is 1.47 bits per heavy atom. The van der Waals surface area contributed by atoms with E-state index in [4.69, 9.17) is 4.74 Å². The molecule has 1 atom stereocenters. The second kappa shape index (κ2) is 4.45. The minimum atomic E-state index is 0.124. The number of hydrogen-bond donors (Lipinski definition) is 0. The number of imidazole rings is 1. The molecular weight excluding hydrogens is 214 g/mol. The van der Waals surface area contributed by atoms with Gasteiger partial charge in [-0.3, -0.25) is 4.57 Å². The van der Waals surface area contributed by atoms with Gasteiger partial charge in [0.1, 0.15) is 17.6 Å². The second-order valence-corrected chi connectivity index (χ2v) is 4.42. The van der Waals surface area contributed by atoms with Crippen molar-refractivity contribution >= 4 is 11.2 Å². The van der Waals surface area contributed by atoms with Gasteiger partial charge in [0.25, 0.3) is 0 Å². The number of hydrogen-bond acceptors (Lipinski definition) is 3. The van der Waals surface area contributed by atoms with Crippen molar-refractivity contribution in [3.8, 4) is 0 Å². The number of ether oxygens (including phenoxy) is 1. The average Bonchev–Trinajstić information content (AvgIpc) is 2.78. The lowest BCUT2D eigenvalue weighted by Gasteiger charge is -2.25. The van der Waals surface area contributed by atoms with Gasteiger partial charge in [0.05, 0.1) is 0 Å². The van der Waals surface area contributed by atoms with Crippen LogP contribution in [-0.4, -0.2) is 21.1 Å². The summed E-state index contributed by atoms with van der Waals surface area (Å²) in [6, 6.07) is 3.95. The van der Waals surface area contributed by atoms with Crippen molar-refractivity contribution in [2.75, 3.05) is 6.61 Å². The van der Waals surface area contributed by atoms with E-state index in [1.807, 2.05) is 18.3 Å². The van der Waals surface area contributed by atoms with Gasteiger partial charge >= 0.3 is 0 Å². The summed E-state index contributed by atoms with van der Waals surface area (Å²) >= 11 is 0. The molecule has 0 N–H and O–H groups in total. The average molecular weight is 231 g/mol. The molecule has 0 bridgehead atoms. The smallest absolute Gasteiger partial charge is 0.162 e. The molecule has 0 amide bonds. The summed E-state index contributed by atoms with van der Waals surface area (Å²) in [5.74, 6) is 1.07. The molecule has 0 aromatic carbocycles. The van der Waals surface area contributed by atoms with Gasteiger partial charge in [0.2, 0.25) is 0 Å². The highest BCUT2D eigenvalue weighted by molar-refractivity contribution is 5.71. The number of nitrogens with zero attached hydrogens (tertiary/aromatic N) is 3. The highest BCUT2D eigenvalue weighted by atomic mass is 16.5. The van der Waals surface area contributed by atoms with Crippen LogP contribution in [0.4, 0.5) is 0 Å². The number of pyridine rings is 1. The van der Waals surface area contributed by atoms with Gasteiger partial charge in [0, 0.05) is 19.2 Å². The molecule has 17 heavy (non-hydrogen) atoms. The summed E-state index contributed by atoms with van der Waals surface area (Å²) in [4.78, 5) is 9.07. The quantitative estimate of drug-likeness (QED) is 0.797. The highest BCUT2D eigenvalue weighted by Gasteiger charge is 2.21. The molecule has 1 saturated heterocycles. The molecule has 1 fully saturated rings. The van der Waals surface area contributed by atoms with Crippen LogP contribution in [0, 0.1) is 0 Å². The Kier molecular flexibility index (Phi) is 2.81. The van der Waals surface area contributed by atoms with Crippen molar-refractivity contribution in [1.82, 2.24) is 14.5 Å². The molecule has 3 heterocycles. The van der Waals surface area contributed by atoms with Crippen molar-refractivity contribution in [3.63, 3.8) is 0 Å². The van der Waals surface area contributed by atoms with Crippen LogP contribution in [0.3, 0.4) is 0 Å². The first-order chi connectivity index (χ1) is 8.40. The first-order valence-corrected chi connectivity index (χ1v) is 6.33. The fourth-order valence-electron chi connectivity index (χ4n) is 2.46. The molecule has 4 heteroatoms. The molecule has 1 aliphatic rings. The van der Waals surface area contributed by atoms with Crippen molar-refractivity contribution in [3.05, 3.63) is 24.2 Å². The maximum atomic E-state index is 5.86. The van der Waals surface area contributed by atoms with Gasteiger partial charge < -0.3 is 4.74 Å². The summed E-state index contributed by atoms with van der Waals surface area (Å²) < 4.78 is 8.03. The minimum absolute atomic E-state index is 0.124. The predicted molar refractivity (Wildman–Crippen MR) is 65.7 cm³/mol. The zero-order valence-corrected chi connectivity index (χ0v) is 10.1. The molecule has 90 valence electrons. The molecule has 0 radical (unpaired) electrons. The fraction of sp³-hybridized carbons (Fsp3) is 0.538. The Bertz CT molecular complexity index is 514.